The van der Waals surface area contributed by atoms with Gasteiger partial charge in [-0.05, 0) is 33.6 Å². The molecule has 0 radical (unpaired) electrons. The number of hydrogen-bond donors (Lipinski definition) is 1. The lowest BCUT2D eigenvalue weighted by Crippen LogP contribution is -2.47. The van der Waals surface area contributed by atoms with Crippen LogP contribution < -0.4 is 0 Å². The van der Waals surface area contributed by atoms with E-state index in [4.69, 9.17) is 9.84 Å². The Morgan fingerprint density at radius 1 is 1.57 bits per heavy atom. The third kappa shape index (κ3) is 2.67. The summed E-state index contributed by atoms with van der Waals surface area (Å²) in [6.45, 7) is 4.82. The summed E-state index contributed by atoms with van der Waals surface area (Å²) in [6.07, 6.45) is 0.164. The molecule has 0 unspecified atom stereocenters. The Morgan fingerprint density at radius 2 is 2.07 bits per heavy atom. The van der Waals surface area contributed by atoms with Crippen LogP contribution >= 0.6 is 0 Å². The minimum absolute atomic E-state index is 0.0818. The first-order chi connectivity index (χ1) is 6.26. The van der Waals surface area contributed by atoms with Gasteiger partial charge < -0.3 is 9.84 Å². The second kappa shape index (κ2) is 3.50. The number of carbonyl (C=O) groups excluding carboxylic acids is 1. The second-order valence-electron chi connectivity index (χ2n) is 4.95. The van der Waals surface area contributed by atoms with Crippen molar-refractivity contribution in [1.82, 2.24) is 0 Å². The maximum Gasteiger partial charge on any atom is 0.309 e. The van der Waals surface area contributed by atoms with E-state index in [-0.39, 0.29) is 24.7 Å². The van der Waals surface area contributed by atoms with Gasteiger partial charge in [0, 0.05) is 0 Å². The van der Waals surface area contributed by atoms with Gasteiger partial charge in [0.15, 0.2) is 0 Å². The topological polar surface area (TPSA) is 46.5 Å². The number of aliphatic hydroxyl groups is 1. The summed E-state index contributed by atoms with van der Waals surface area (Å²) >= 11 is 0. The zero-order valence-corrected chi connectivity index (χ0v) is 8.84. The quantitative estimate of drug-likeness (QED) is 0.692. The number of aliphatic hydroxyl groups excluding tert-OH is 1. The molecule has 1 aliphatic rings. The molecule has 0 aliphatic heterocycles. The van der Waals surface area contributed by atoms with E-state index in [9.17, 15) is 9.18 Å². The Kier molecular flexibility index (Phi) is 2.86. The molecule has 1 saturated carbocycles. The van der Waals surface area contributed by atoms with Gasteiger partial charge in [0.2, 0.25) is 0 Å². The molecule has 3 nitrogen and oxygen atoms in total. The van der Waals surface area contributed by atoms with E-state index in [0.29, 0.717) is 0 Å². The molecule has 0 atom stereocenters. The molecule has 0 aromatic carbocycles. The fourth-order valence-electron chi connectivity index (χ4n) is 1.50. The zero-order valence-electron chi connectivity index (χ0n) is 8.84. The predicted octanol–water partition coefficient (Wildman–Crippen LogP) is 1.44. The van der Waals surface area contributed by atoms with Crippen molar-refractivity contribution in [2.24, 2.45) is 5.92 Å². The van der Waals surface area contributed by atoms with Crippen LogP contribution in [0.15, 0.2) is 0 Å². The largest absolute Gasteiger partial charge is 0.460 e. The highest BCUT2D eigenvalue weighted by Crippen LogP contribution is 2.41. The van der Waals surface area contributed by atoms with Crippen LogP contribution in [-0.2, 0) is 9.53 Å². The third-order valence-corrected chi connectivity index (χ3v) is 2.25. The van der Waals surface area contributed by atoms with Crippen LogP contribution in [0.1, 0.15) is 33.6 Å². The van der Waals surface area contributed by atoms with E-state index >= 15 is 0 Å². The van der Waals surface area contributed by atoms with Gasteiger partial charge in [0.25, 0.3) is 0 Å². The molecule has 0 bridgehead atoms. The normalized spacial score (nSPS) is 32.2. The molecule has 4 heteroatoms. The molecule has 14 heavy (non-hydrogen) atoms. The average molecular weight is 204 g/mol. The highest BCUT2D eigenvalue weighted by molar-refractivity contribution is 5.74. The zero-order chi connectivity index (χ0) is 11.0. The minimum atomic E-state index is -1.55. The number of ether oxygens (including phenoxy) is 1. The lowest BCUT2D eigenvalue weighted by Gasteiger charge is -2.39. The first kappa shape index (κ1) is 11.4. The van der Waals surface area contributed by atoms with E-state index in [2.05, 4.69) is 0 Å². The molecule has 0 amide bonds. The van der Waals surface area contributed by atoms with Crippen molar-refractivity contribution in [1.29, 1.82) is 0 Å². The molecule has 1 rings (SSSR count). The molecule has 1 N–H and O–H groups in total. The summed E-state index contributed by atoms with van der Waals surface area (Å²) in [6, 6.07) is 0. The van der Waals surface area contributed by atoms with Crippen molar-refractivity contribution in [3.05, 3.63) is 0 Å². The number of alkyl halides is 1. The number of carbonyl (C=O) groups is 1. The fourth-order valence-corrected chi connectivity index (χ4v) is 1.50. The highest BCUT2D eigenvalue weighted by Gasteiger charge is 2.49. The Bertz CT molecular complexity index is 226. The van der Waals surface area contributed by atoms with Crippen molar-refractivity contribution >= 4 is 5.97 Å². The SMILES string of the molecule is CC(C)(C)OC(=O)C1CC(F)(CO)C1. The first-order valence-electron chi connectivity index (χ1n) is 4.78. The van der Waals surface area contributed by atoms with Crippen molar-refractivity contribution < 1.29 is 19.0 Å². The van der Waals surface area contributed by atoms with Crippen molar-refractivity contribution in [2.75, 3.05) is 6.61 Å². The van der Waals surface area contributed by atoms with Crippen LogP contribution in [0.4, 0.5) is 4.39 Å². The van der Waals surface area contributed by atoms with Gasteiger partial charge in [-0.2, -0.15) is 0 Å². The summed E-state index contributed by atoms with van der Waals surface area (Å²) in [5.74, 6) is -0.745. The molecule has 0 heterocycles. The Labute approximate surface area is 83.3 Å². The van der Waals surface area contributed by atoms with Crippen molar-refractivity contribution in [3.8, 4) is 0 Å². The molecule has 0 aromatic rings. The van der Waals surface area contributed by atoms with Crippen LogP contribution in [0.5, 0.6) is 0 Å². The van der Waals surface area contributed by atoms with Gasteiger partial charge in [0.1, 0.15) is 11.3 Å². The van der Waals surface area contributed by atoms with Gasteiger partial charge in [-0.1, -0.05) is 0 Å². The second-order valence-corrected chi connectivity index (χ2v) is 4.95. The van der Waals surface area contributed by atoms with Gasteiger partial charge in [0.05, 0.1) is 12.5 Å². The molecule has 0 aromatic heterocycles. The fraction of sp³-hybridized carbons (Fsp3) is 0.900. The summed E-state index contributed by atoms with van der Waals surface area (Å²) < 4.78 is 18.3. The van der Waals surface area contributed by atoms with Crippen molar-refractivity contribution in [2.45, 2.75) is 44.9 Å². The molecular formula is C10H17FO3. The molecule has 0 saturated heterocycles. The molecule has 82 valence electrons. The molecular weight excluding hydrogens is 187 g/mol. The standard InChI is InChI=1S/C10H17FO3/c1-9(2,3)14-8(13)7-4-10(11,5-7)6-12/h7,12H,4-6H2,1-3H3. The first-order valence-corrected chi connectivity index (χ1v) is 4.78. The monoisotopic (exact) mass is 204 g/mol. The minimum Gasteiger partial charge on any atom is -0.460 e. The Morgan fingerprint density at radius 3 is 2.43 bits per heavy atom. The third-order valence-electron chi connectivity index (χ3n) is 2.25. The van der Waals surface area contributed by atoms with E-state index in [1.165, 1.54) is 0 Å². The highest BCUT2D eigenvalue weighted by atomic mass is 19.1. The van der Waals surface area contributed by atoms with E-state index in [1.807, 2.05) is 0 Å². The average Bonchev–Trinajstić information content (AvgIpc) is 1.95. The number of halogens is 1. The van der Waals surface area contributed by atoms with E-state index in [1.54, 1.807) is 20.8 Å². The van der Waals surface area contributed by atoms with Crippen molar-refractivity contribution in [3.63, 3.8) is 0 Å². The Hall–Kier alpha value is -0.640. The summed E-state index contributed by atoms with van der Waals surface area (Å²) in [7, 11) is 0. The summed E-state index contributed by atoms with van der Waals surface area (Å²) in [5, 5.41) is 8.65. The smallest absolute Gasteiger partial charge is 0.309 e. The predicted molar refractivity (Wildman–Crippen MR) is 49.5 cm³/mol. The lowest BCUT2D eigenvalue weighted by molar-refractivity contribution is -0.171. The van der Waals surface area contributed by atoms with Gasteiger partial charge >= 0.3 is 5.97 Å². The lowest BCUT2D eigenvalue weighted by atomic mass is 9.73. The van der Waals surface area contributed by atoms with Crippen LogP contribution in [0.3, 0.4) is 0 Å². The van der Waals surface area contributed by atoms with E-state index in [0.717, 1.165) is 0 Å². The molecule has 1 aliphatic carbocycles. The Balaban J connectivity index is 2.37. The van der Waals surface area contributed by atoms with Gasteiger partial charge in [-0.3, -0.25) is 4.79 Å². The number of esters is 1. The molecule has 1 fully saturated rings. The maximum atomic E-state index is 13.2. The van der Waals surface area contributed by atoms with Gasteiger partial charge in [-0.25, -0.2) is 4.39 Å². The summed E-state index contributed by atoms with van der Waals surface area (Å²) in [5.41, 5.74) is -2.08. The van der Waals surface area contributed by atoms with Crippen LogP contribution in [0, 0.1) is 5.92 Å². The van der Waals surface area contributed by atoms with Crippen LogP contribution in [0.25, 0.3) is 0 Å². The number of rotatable bonds is 2. The van der Waals surface area contributed by atoms with Crippen LogP contribution in [-0.4, -0.2) is 29.0 Å². The van der Waals surface area contributed by atoms with Gasteiger partial charge in [-0.15, -0.1) is 0 Å². The summed E-state index contributed by atoms with van der Waals surface area (Å²) in [4.78, 5) is 11.4. The number of hydrogen-bond acceptors (Lipinski definition) is 3. The maximum absolute atomic E-state index is 13.2. The molecule has 0 spiro atoms. The van der Waals surface area contributed by atoms with E-state index < -0.39 is 17.9 Å². The van der Waals surface area contributed by atoms with Crippen LogP contribution in [0.2, 0.25) is 0 Å².